The Bertz CT molecular complexity index is 546. The molecule has 0 bridgehead atoms. The van der Waals surface area contributed by atoms with Crippen molar-refractivity contribution in [2.75, 3.05) is 0 Å². The molecule has 0 aliphatic carbocycles. The molecular formula is C16H23NO. The van der Waals surface area contributed by atoms with E-state index in [0.29, 0.717) is 6.54 Å². The van der Waals surface area contributed by atoms with Crippen LogP contribution in [0, 0.1) is 0 Å². The minimum Gasteiger partial charge on any atom is -0.459 e. The molecule has 1 aromatic carbocycles. The van der Waals surface area contributed by atoms with Crippen molar-refractivity contribution >= 4 is 11.0 Å². The average Bonchev–Trinajstić information content (AvgIpc) is 2.66. The van der Waals surface area contributed by atoms with Crippen molar-refractivity contribution in [1.82, 2.24) is 0 Å². The molecule has 2 aromatic rings. The third-order valence-corrected chi connectivity index (χ3v) is 3.43. The zero-order valence-corrected chi connectivity index (χ0v) is 11.8. The Balaban J connectivity index is 2.63. The summed E-state index contributed by atoms with van der Waals surface area (Å²) in [5, 5.41) is 1.24. The molecule has 0 amide bonds. The largest absolute Gasteiger partial charge is 0.459 e. The van der Waals surface area contributed by atoms with Crippen molar-refractivity contribution < 1.29 is 4.42 Å². The summed E-state index contributed by atoms with van der Waals surface area (Å²) in [7, 11) is 0. The van der Waals surface area contributed by atoms with Crippen molar-refractivity contribution in [3.63, 3.8) is 0 Å². The molecule has 0 spiro atoms. The molecule has 18 heavy (non-hydrogen) atoms. The van der Waals surface area contributed by atoms with Gasteiger partial charge in [0.2, 0.25) is 0 Å². The van der Waals surface area contributed by atoms with Crippen molar-refractivity contribution in [1.29, 1.82) is 0 Å². The van der Waals surface area contributed by atoms with Crippen LogP contribution in [0.15, 0.2) is 22.6 Å². The van der Waals surface area contributed by atoms with E-state index >= 15 is 0 Å². The molecule has 98 valence electrons. The van der Waals surface area contributed by atoms with E-state index < -0.39 is 0 Å². The number of fused-ring (bicyclic) bond motifs is 1. The van der Waals surface area contributed by atoms with Crippen LogP contribution in [0.2, 0.25) is 0 Å². The molecule has 0 saturated carbocycles. The lowest BCUT2D eigenvalue weighted by Gasteiger charge is -2.18. The highest BCUT2D eigenvalue weighted by Gasteiger charge is 2.17. The first-order valence-electron chi connectivity index (χ1n) is 6.72. The van der Waals surface area contributed by atoms with Gasteiger partial charge in [0.25, 0.3) is 0 Å². The molecule has 2 heteroatoms. The van der Waals surface area contributed by atoms with E-state index in [2.05, 4.69) is 45.9 Å². The zero-order chi connectivity index (χ0) is 13.3. The number of benzene rings is 1. The summed E-state index contributed by atoms with van der Waals surface area (Å²) in [6, 6.07) is 6.50. The van der Waals surface area contributed by atoms with E-state index in [1.54, 1.807) is 0 Å². The first-order valence-corrected chi connectivity index (χ1v) is 6.72. The van der Waals surface area contributed by atoms with E-state index in [0.717, 1.165) is 24.2 Å². The summed E-state index contributed by atoms with van der Waals surface area (Å²) in [6.07, 6.45) is 2.15. The first-order chi connectivity index (χ1) is 8.47. The van der Waals surface area contributed by atoms with Gasteiger partial charge in [-0.2, -0.15) is 0 Å². The van der Waals surface area contributed by atoms with Gasteiger partial charge in [0, 0.05) is 10.9 Å². The van der Waals surface area contributed by atoms with Crippen molar-refractivity contribution in [2.24, 2.45) is 5.73 Å². The summed E-state index contributed by atoms with van der Waals surface area (Å²) < 4.78 is 5.84. The standard InChI is InChI=1S/C16H23NO/c1-5-6-12-13-9-11(16(2,3)4)7-8-14(13)18-15(12)10-17/h7-9H,5-6,10,17H2,1-4H3. The lowest BCUT2D eigenvalue weighted by atomic mass is 9.86. The number of hydrogen-bond donors (Lipinski definition) is 1. The Hall–Kier alpha value is -1.28. The fraction of sp³-hybridized carbons (Fsp3) is 0.500. The van der Waals surface area contributed by atoms with E-state index in [4.69, 9.17) is 10.2 Å². The highest BCUT2D eigenvalue weighted by Crippen LogP contribution is 2.31. The van der Waals surface area contributed by atoms with Crippen LogP contribution in [-0.4, -0.2) is 0 Å². The molecule has 0 saturated heterocycles. The number of nitrogens with two attached hydrogens (primary N) is 1. The summed E-state index contributed by atoms with van der Waals surface area (Å²) in [4.78, 5) is 0. The average molecular weight is 245 g/mol. The molecule has 1 aromatic heterocycles. The van der Waals surface area contributed by atoms with Crippen molar-refractivity contribution in [2.45, 2.75) is 52.5 Å². The van der Waals surface area contributed by atoms with E-state index in [9.17, 15) is 0 Å². The topological polar surface area (TPSA) is 39.2 Å². The maximum Gasteiger partial charge on any atom is 0.134 e. The second-order valence-electron chi connectivity index (χ2n) is 5.92. The van der Waals surface area contributed by atoms with Crippen LogP contribution >= 0.6 is 0 Å². The van der Waals surface area contributed by atoms with Crippen LogP contribution in [0.5, 0.6) is 0 Å². The van der Waals surface area contributed by atoms with Gasteiger partial charge in [-0.3, -0.25) is 0 Å². The molecule has 2 rings (SSSR count). The Morgan fingerprint density at radius 1 is 1.22 bits per heavy atom. The highest BCUT2D eigenvalue weighted by atomic mass is 16.3. The second-order valence-corrected chi connectivity index (χ2v) is 5.92. The maximum absolute atomic E-state index is 5.84. The Labute approximate surface area is 109 Å². The van der Waals surface area contributed by atoms with E-state index in [1.165, 1.54) is 16.5 Å². The molecule has 2 N–H and O–H groups in total. The van der Waals surface area contributed by atoms with Gasteiger partial charge < -0.3 is 10.2 Å². The van der Waals surface area contributed by atoms with Crippen LogP contribution in [0.25, 0.3) is 11.0 Å². The van der Waals surface area contributed by atoms with Gasteiger partial charge in [0.05, 0.1) is 6.54 Å². The normalized spacial score (nSPS) is 12.3. The van der Waals surface area contributed by atoms with E-state index in [1.807, 2.05) is 0 Å². The van der Waals surface area contributed by atoms with Crippen LogP contribution in [0.1, 0.15) is 51.0 Å². The van der Waals surface area contributed by atoms with Crippen molar-refractivity contribution in [3.05, 3.63) is 35.1 Å². The molecular weight excluding hydrogens is 222 g/mol. The third-order valence-electron chi connectivity index (χ3n) is 3.43. The minimum atomic E-state index is 0.165. The quantitative estimate of drug-likeness (QED) is 0.882. The van der Waals surface area contributed by atoms with Gasteiger partial charge in [0.15, 0.2) is 0 Å². The summed E-state index contributed by atoms with van der Waals surface area (Å²) in [5.41, 5.74) is 9.54. The number of rotatable bonds is 3. The fourth-order valence-electron chi connectivity index (χ4n) is 2.35. The first kappa shape index (κ1) is 13.2. The number of furan rings is 1. The minimum absolute atomic E-state index is 0.165. The van der Waals surface area contributed by atoms with Gasteiger partial charge in [-0.25, -0.2) is 0 Å². The Kier molecular flexibility index (Phi) is 3.49. The van der Waals surface area contributed by atoms with Crippen LogP contribution in [-0.2, 0) is 18.4 Å². The van der Waals surface area contributed by atoms with E-state index in [-0.39, 0.29) is 5.41 Å². The van der Waals surface area contributed by atoms with Crippen LogP contribution in [0.3, 0.4) is 0 Å². The number of hydrogen-bond acceptors (Lipinski definition) is 2. The summed E-state index contributed by atoms with van der Waals surface area (Å²) in [6.45, 7) is 9.37. The maximum atomic E-state index is 5.84. The Morgan fingerprint density at radius 2 is 1.94 bits per heavy atom. The number of aryl methyl sites for hydroxylation is 1. The summed E-state index contributed by atoms with van der Waals surface area (Å²) in [5.74, 6) is 0.943. The highest BCUT2D eigenvalue weighted by molar-refractivity contribution is 5.83. The SMILES string of the molecule is CCCc1c(CN)oc2ccc(C(C)(C)C)cc12. The van der Waals surface area contributed by atoms with Gasteiger partial charge in [0.1, 0.15) is 11.3 Å². The molecule has 0 fully saturated rings. The zero-order valence-electron chi connectivity index (χ0n) is 11.8. The molecule has 2 nitrogen and oxygen atoms in total. The van der Waals surface area contributed by atoms with Gasteiger partial charge in [-0.15, -0.1) is 0 Å². The molecule has 0 unspecified atom stereocenters. The van der Waals surface area contributed by atoms with Gasteiger partial charge in [-0.05, 0) is 29.5 Å². The smallest absolute Gasteiger partial charge is 0.134 e. The lowest BCUT2D eigenvalue weighted by molar-refractivity contribution is 0.544. The van der Waals surface area contributed by atoms with Crippen LogP contribution < -0.4 is 5.73 Å². The molecule has 1 heterocycles. The van der Waals surface area contributed by atoms with Gasteiger partial charge in [-0.1, -0.05) is 40.2 Å². The van der Waals surface area contributed by atoms with Crippen LogP contribution in [0.4, 0.5) is 0 Å². The molecule has 0 aliphatic rings. The monoisotopic (exact) mass is 245 g/mol. The summed E-state index contributed by atoms with van der Waals surface area (Å²) >= 11 is 0. The van der Waals surface area contributed by atoms with Crippen molar-refractivity contribution in [3.8, 4) is 0 Å². The predicted molar refractivity (Wildman–Crippen MR) is 76.8 cm³/mol. The molecule has 0 atom stereocenters. The Morgan fingerprint density at radius 3 is 2.50 bits per heavy atom. The molecule has 0 radical (unpaired) electrons. The predicted octanol–water partition coefficient (Wildman–Crippen LogP) is 4.14. The fourth-order valence-corrected chi connectivity index (χ4v) is 2.35. The molecule has 0 aliphatic heterocycles. The lowest BCUT2D eigenvalue weighted by Crippen LogP contribution is -2.10. The third kappa shape index (κ3) is 2.30. The second kappa shape index (κ2) is 4.77. The van der Waals surface area contributed by atoms with Gasteiger partial charge >= 0.3 is 0 Å².